The van der Waals surface area contributed by atoms with E-state index < -0.39 is 67.7 Å². The average Bonchev–Trinajstić information content (AvgIpc) is 3.83. The van der Waals surface area contributed by atoms with Gasteiger partial charge < -0.3 is 25.0 Å². The van der Waals surface area contributed by atoms with E-state index in [0.29, 0.717) is 43.9 Å². The zero-order valence-corrected chi connectivity index (χ0v) is 42.4. The number of nitrogens with two attached hydrogens (primary N) is 1. The van der Waals surface area contributed by atoms with E-state index in [0.717, 1.165) is 45.9 Å². The second kappa shape index (κ2) is 23.0. The van der Waals surface area contributed by atoms with Crippen LogP contribution in [0.4, 0.5) is 16.5 Å². The van der Waals surface area contributed by atoms with E-state index in [-0.39, 0.29) is 41.7 Å². The topological polar surface area (TPSA) is 316 Å². The number of allylic oxidation sites excluding steroid dienone is 6. The molecule has 3 heterocycles. The molecule has 0 saturated carbocycles. The summed E-state index contributed by atoms with van der Waals surface area (Å²) in [5, 5.41) is 17.1. The van der Waals surface area contributed by atoms with Crippen LogP contribution in [-0.2, 0) is 67.8 Å². The van der Waals surface area contributed by atoms with Crippen LogP contribution in [0.1, 0.15) is 83.4 Å². The minimum absolute atomic E-state index is 0.0184. The van der Waals surface area contributed by atoms with Crippen molar-refractivity contribution in [1.82, 2.24) is 20.4 Å². The molecule has 0 saturated heterocycles. The molecule has 0 atom stereocenters. The third kappa shape index (κ3) is 15.2. The molecule has 2 aliphatic rings. The number of nitrogens with zero attached hydrogens (tertiary/aromatic N) is 5. The molecule has 372 valence electrons. The minimum Gasteiger partial charge on any atom is -0.748 e. The van der Waals surface area contributed by atoms with Crippen LogP contribution in [0.15, 0.2) is 81.7 Å². The normalized spacial score (nSPS) is 16.0. The summed E-state index contributed by atoms with van der Waals surface area (Å²) in [5.41, 5.74) is 5.52. The number of benzene rings is 2. The van der Waals surface area contributed by atoms with Crippen LogP contribution in [0.25, 0.3) is 0 Å². The fraction of sp³-hybridized carbons (Fsp3) is 0.452. The summed E-state index contributed by atoms with van der Waals surface area (Å²) in [6.07, 6.45) is 11.5. The van der Waals surface area contributed by atoms with Crippen molar-refractivity contribution in [2.45, 2.75) is 93.3 Å². The van der Waals surface area contributed by atoms with Crippen molar-refractivity contribution < 1.29 is 61.2 Å². The highest BCUT2D eigenvalue weighted by Crippen LogP contribution is 2.48. The first-order valence-corrected chi connectivity index (χ1v) is 27.5. The second-order valence-electron chi connectivity index (χ2n) is 17.0. The fourth-order valence-electron chi connectivity index (χ4n) is 7.96. The molecular weight excluding hydrogens is 985 g/mol. The Balaban J connectivity index is 0.00000242. The highest BCUT2D eigenvalue weighted by molar-refractivity contribution is 7.91. The van der Waals surface area contributed by atoms with Gasteiger partial charge in [0.05, 0.1) is 20.4 Å². The molecule has 2 aliphatic heterocycles. The van der Waals surface area contributed by atoms with Gasteiger partial charge in [0.1, 0.15) is 6.54 Å². The number of fused-ring (bicyclic) bond motifs is 2. The standard InChI is InChI=1S/C42H56N8O10S4.O3S/c1-7-22-49-34-19-17-30(64(58,59)60)27-32(34)42(4,5)35(49)13-9-8-10-14-36-41(2,3)31-26-29(16-18-33(31)50(36)24-12-25-62(53,54)55)28-48(6)23-11-15-37(51)44-21-20-38(52)45-39-46-47-40(61-39)63(43,56)57;1-4(2)3/h8-10,13-14,16-19,26-27H,7,11-12,15,20-25,28H2,1-6H3,(H5-,43,44,45,46,51,52,53,54,55,56,57,58,59,60);. The zero-order valence-electron chi connectivity index (χ0n) is 38.3. The molecule has 0 aliphatic carbocycles. The number of hydrogen-bond donors (Lipinski definition) is 4. The van der Waals surface area contributed by atoms with Gasteiger partial charge in [-0.1, -0.05) is 62.5 Å². The van der Waals surface area contributed by atoms with E-state index in [4.69, 9.17) is 17.8 Å². The van der Waals surface area contributed by atoms with Gasteiger partial charge in [-0.15, -0.1) is 22.8 Å². The maximum atomic E-state index is 12.5. The summed E-state index contributed by atoms with van der Waals surface area (Å²) in [7, 11) is -14.0. The van der Waals surface area contributed by atoms with Crippen LogP contribution in [0, 0.1) is 0 Å². The van der Waals surface area contributed by atoms with Gasteiger partial charge in [-0.05, 0) is 75.7 Å². The minimum atomic E-state index is -4.41. The lowest BCUT2D eigenvalue weighted by atomic mass is 9.81. The van der Waals surface area contributed by atoms with Crippen LogP contribution in [0.2, 0.25) is 0 Å². The molecule has 2 amide bonds. The average molecular weight is 1040 g/mol. The third-order valence-corrected chi connectivity index (χ3v) is 14.8. The second-order valence-corrected chi connectivity index (χ2v) is 23.0. The summed E-state index contributed by atoms with van der Waals surface area (Å²) in [4.78, 5) is 28.7. The lowest BCUT2D eigenvalue weighted by molar-refractivity contribution is -0.437. The van der Waals surface area contributed by atoms with Crippen molar-refractivity contribution in [2.75, 3.05) is 49.2 Å². The number of carbonyl (C=O) groups excluding carboxylic acids is 2. The molecule has 3 aromatic rings. The quantitative estimate of drug-likeness (QED) is 0.0515. The van der Waals surface area contributed by atoms with Gasteiger partial charge in [0.2, 0.25) is 27.0 Å². The molecule has 0 unspecified atom stereocenters. The van der Waals surface area contributed by atoms with Crippen molar-refractivity contribution >= 4 is 86.2 Å². The Morgan fingerprint density at radius 2 is 1.63 bits per heavy atom. The van der Waals surface area contributed by atoms with Gasteiger partial charge in [0.15, 0.2) is 5.71 Å². The van der Waals surface area contributed by atoms with Gasteiger partial charge in [0, 0.05) is 79.2 Å². The first-order chi connectivity index (χ1) is 31.6. The van der Waals surface area contributed by atoms with Crippen molar-refractivity contribution in [3.05, 3.63) is 89.2 Å². The molecule has 21 nitrogen and oxygen atoms in total. The first-order valence-electron chi connectivity index (χ1n) is 21.1. The zero-order chi connectivity index (χ0) is 50.8. The van der Waals surface area contributed by atoms with Crippen molar-refractivity contribution in [1.29, 1.82) is 0 Å². The molecule has 2 aromatic carbocycles. The molecule has 0 radical (unpaired) electrons. The Morgan fingerprint density at radius 1 is 0.941 bits per heavy atom. The van der Waals surface area contributed by atoms with Crippen LogP contribution in [0.3, 0.4) is 0 Å². The SMILES string of the molecule is CCC[N+]1=C(C=CC=CC=C2N(CCCS(=O)(=O)[O-])c3ccc(CN(C)CCCC(=O)NCCC(=O)Nc4nnc(S(N)(=O)=O)s4)cc3C2(C)C)C(C)(C)c2cc(S(=O)(=O)O)ccc21.O=S(=O)=O. The van der Waals surface area contributed by atoms with Crippen molar-refractivity contribution in [3.63, 3.8) is 0 Å². The predicted octanol–water partition coefficient (Wildman–Crippen LogP) is 3.30. The maximum Gasteiger partial charge on any atom is 0.425 e. The Bertz CT molecular complexity index is 2960. The summed E-state index contributed by atoms with van der Waals surface area (Å²) in [5.74, 6) is -1.18. The van der Waals surface area contributed by atoms with E-state index in [1.165, 1.54) is 12.1 Å². The summed E-state index contributed by atoms with van der Waals surface area (Å²) < 4.78 is 118. The third-order valence-electron chi connectivity index (χ3n) is 11.0. The Kier molecular flexibility index (Phi) is 18.8. The Hall–Kier alpha value is -5.06. The molecule has 1 aromatic heterocycles. The summed E-state index contributed by atoms with van der Waals surface area (Å²) in [6, 6.07) is 10.8. The number of aromatic nitrogens is 2. The number of sulfonamides is 1. The highest BCUT2D eigenvalue weighted by Gasteiger charge is 2.45. The Labute approximate surface area is 402 Å². The lowest BCUT2D eigenvalue weighted by Gasteiger charge is -2.27. The summed E-state index contributed by atoms with van der Waals surface area (Å²) in [6.45, 7) is 12.6. The predicted molar refractivity (Wildman–Crippen MR) is 255 cm³/mol. The molecule has 5 rings (SSSR count). The van der Waals surface area contributed by atoms with Gasteiger partial charge in [-0.2, -0.15) is 13.0 Å². The molecule has 5 N–H and O–H groups in total. The van der Waals surface area contributed by atoms with E-state index in [2.05, 4.69) is 62.0 Å². The molecular formula is C42H56N8O13S5. The van der Waals surface area contributed by atoms with Crippen LogP contribution in [0.5, 0.6) is 0 Å². The molecule has 0 fully saturated rings. The van der Waals surface area contributed by atoms with Crippen LogP contribution < -0.4 is 20.7 Å². The van der Waals surface area contributed by atoms with Crippen molar-refractivity contribution in [2.24, 2.45) is 5.14 Å². The lowest BCUT2D eigenvalue weighted by Crippen LogP contribution is -2.28. The van der Waals surface area contributed by atoms with E-state index in [9.17, 15) is 43.9 Å². The molecule has 68 heavy (non-hydrogen) atoms. The number of hydrogen-bond acceptors (Lipinski definition) is 17. The van der Waals surface area contributed by atoms with E-state index in [1.807, 2.05) is 63.4 Å². The highest BCUT2D eigenvalue weighted by atomic mass is 32.2. The van der Waals surface area contributed by atoms with Gasteiger partial charge in [-0.3, -0.25) is 14.1 Å². The fourth-order valence-corrected chi connectivity index (χ4v) is 10.3. The smallest absolute Gasteiger partial charge is 0.425 e. The summed E-state index contributed by atoms with van der Waals surface area (Å²) >= 11 is 0.626. The van der Waals surface area contributed by atoms with Crippen molar-refractivity contribution in [3.8, 4) is 0 Å². The molecule has 0 bridgehead atoms. The Morgan fingerprint density at radius 3 is 2.25 bits per heavy atom. The number of amides is 2. The van der Waals surface area contributed by atoms with Crippen LogP contribution in [-0.4, -0.2) is 123 Å². The maximum absolute atomic E-state index is 12.5. The number of carbonyl (C=O) groups is 2. The number of primary sulfonamides is 1. The number of nitrogens with one attached hydrogen (secondary N) is 2. The largest absolute Gasteiger partial charge is 0.748 e. The molecule has 0 spiro atoms. The van der Waals surface area contributed by atoms with Gasteiger partial charge in [0.25, 0.3) is 20.1 Å². The van der Waals surface area contributed by atoms with E-state index >= 15 is 0 Å². The van der Waals surface area contributed by atoms with E-state index in [1.54, 1.807) is 6.07 Å². The number of rotatable bonds is 21. The number of anilines is 2. The molecule has 26 heteroatoms. The van der Waals surface area contributed by atoms with Crippen LogP contribution >= 0.6 is 11.3 Å². The van der Waals surface area contributed by atoms with Gasteiger partial charge >= 0.3 is 10.6 Å². The van der Waals surface area contributed by atoms with Gasteiger partial charge in [-0.25, -0.2) is 22.0 Å². The first kappa shape index (κ1) is 55.5. The monoisotopic (exact) mass is 1040 g/mol.